The number of nitro benzene ring substituents is 1. The first-order valence-corrected chi connectivity index (χ1v) is 8.73. The summed E-state index contributed by atoms with van der Waals surface area (Å²) in [6.45, 7) is 4.55. The van der Waals surface area contributed by atoms with Crippen LogP contribution in [0.5, 0.6) is 0 Å². The molecule has 1 aromatic carbocycles. The number of non-ortho nitro benzene ring substituents is 1. The molecule has 0 saturated carbocycles. The van der Waals surface area contributed by atoms with E-state index in [9.17, 15) is 15.4 Å². The highest BCUT2D eigenvalue weighted by Crippen LogP contribution is 2.18. The number of nitriles is 1. The number of anilines is 1. The van der Waals surface area contributed by atoms with Crippen LogP contribution < -0.4 is 4.90 Å². The monoisotopic (exact) mass is 351 g/mol. The topological polar surface area (TPSA) is 86.3 Å². The molecule has 2 heterocycles. The van der Waals surface area contributed by atoms with Crippen molar-refractivity contribution < 1.29 is 4.92 Å². The number of nitrogens with zero attached hydrogens (tertiary/aromatic N) is 5. The Bertz CT molecular complexity index is 800. The zero-order valence-corrected chi connectivity index (χ0v) is 14.5. The largest absolute Gasteiger partial charge is 0.354 e. The smallest absolute Gasteiger partial charge is 0.269 e. The summed E-state index contributed by atoms with van der Waals surface area (Å²) in [5, 5.41) is 20.0. The van der Waals surface area contributed by atoms with Gasteiger partial charge < -0.3 is 9.80 Å². The van der Waals surface area contributed by atoms with Gasteiger partial charge in [0.25, 0.3) is 5.69 Å². The number of aromatic nitrogens is 1. The Morgan fingerprint density at radius 3 is 2.69 bits per heavy atom. The molecule has 7 nitrogen and oxygen atoms in total. The van der Waals surface area contributed by atoms with Gasteiger partial charge in [0.15, 0.2) is 0 Å². The second kappa shape index (κ2) is 8.41. The summed E-state index contributed by atoms with van der Waals surface area (Å²) < 4.78 is 0. The van der Waals surface area contributed by atoms with Gasteiger partial charge in [-0.3, -0.25) is 10.1 Å². The van der Waals surface area contributed by atoms with Gasteiger partial charge in [-0.2, -0.15) is 5.26 Å². The number of nitro groups is 1. The zero-order valence-electron chi connectivity index (χ0n) is 14.5. The van der Waals surface area contributed by atoms with Gasteiger partial charge in [0.2, 0.25) is 0 Å². The molecule has 0 radical (unpaired) electrons. The van der Waals surface area contributed by atoms with E-state index >= 15 is 0 Å². The summed E-state index contributed by atoms with van der Waals surface area (Å²) in [5.74, 6) is 0.771. The zero-order chi connectivity index (χ0) is 18.4. The van der Waals surface area contributed by atoms with Gasteiger partial charge in [0, 0.05) is 44.5 Å². The highest BCUT2D eigenvalue weighted by molar-refractivity contribution is 5.53. The highest BCUT2D eigenvalue weighted by Gasteiger charge is 2.18. The van der Waals surface area contributed by atoms with E-state index in [1.165, 1.54) is 0 Å². The van der Waals surface area contributed by atoms with E-state index in [0.717, 1.165) is 56.9 Å². The third kappa shape index (κ3) is 4.35. The second-order valence-corrected chi connectivity index (χ2v) is 6.34. The standard InChI is InChI=1S/C19H21N5O2/c20-15-17-3-1-9-21-19(17)23-11-2-10-22(13-14-23)12-8-16-4-6-18(7-5-16)24(25)26/h1,3-7,9H,2,8,10-14H2. The van der Waals surface area contributed by atoms with Crippen LogP contribution in [0.4, 0.5) is 11.5 Å². The molecule has 26 heavy (non-hydrogen) atoms. The molecule has 0 atom stereocenters. The first-order valence-electron chi connectivity index (χ1n) is 8.73. The normalized spacial score (nSPS) is 15.3. The van der Waals surface area contributed by atoms with Gasteiger partial charge in [0.1, 0.15) is 11.9 Å². The van der Waals surface area contributed by atoms with Crippen molar-refractivity contribution in [1.82, 2.24) is 9.88 Å². The summed E-state index contributed by atoms with van der Waals surface area (Å²) >= 11 is 0. The summed E-state index contributed by atoms with van der Waals surface area (Å²) in [6, 6.07) is 12.6. The summed E-state index contributed by atoms with van der Waals surface area (Å²) in [5.41, 5.74) is 1.85. The van der Waals surface area contributed by atoms with Gasteiger partial charge in [-0.15, -0.1) is 0 Å². The Hall–Kier alpha value is -2.98. The summed E-state index contributed by atoms with van der Waals surface area (Å²) in [7, 11) is 0. The Morgan fingerprint density at radius 1 is 1.15 bits per heavy atom. The van der Waals surface area contributed by atoms with Crippen LogP contribution in [0.1, 0.15) is 17.5 Å². The van der Waals surface area contributed by atoms with Crippen LogP contribution in [0, 0.1) is 21.4 Å². The predicted octanol–water partition coefficient (Wildman–Crippen LogP) is 2.62. The van der Waals surface area contributed by atoms with Crippen molar-refractivity contribution >= 4 is 11.5 Å². The molecule has 1 fully saturated rings. The highest BCUT2D eigenvalue weighted by atomic mass is 16.6. The van der Waals surface area contributed by atoms with Gasteiger partial charge >= 0.3 is 0 Å². The lowest BCUT2D eigenvalue weighted by Gasteiger charge is -2.23. The van der Waals surface area contributed by atoms with Crippen LogP contribution >= 0.6 is 0 Å². The van der Waals surface area contributed by atoms with Crippen LogP contribution in [-0.2, 0) is 6.42 Å². The van der Waals surface area contributed by atoms with Gasteiger partial charge in [-0.05, 0) is 37.1 Å². The first kappa shape index (κ1) is 17.8. The minimum atomic E-state index is -0.375. The summed E-state index contributed by atoms with van der Waals surface area (Å²) in [4.78, 5) is 19.3. The predicted molar refractivity (Wildman–Crippen MR) is 99.0 cm³/mol. The molecule has 0 unspecified atom stereocenters. The molecule has 1 aliphatic rings. The first-order chi connectivity index (χ1) is 12.7. The Kier molecular flexibility index (Phi) is 5.77. The molecular formula is C19H21N5O2. The molecule has 0 N–H and O–H groups in total. The molecular weight excluding hydrogens is 330 g/mol. The molecule has 0 bridgehead atoms. The quantitative estimate of drug-likeness (QED) is 0.608. The van der Waals surface area contributed by atoms with Crippen molar-refractivity contribution in [2.75, 3.05) is 37.6 Å². The maximum absolute atomic E-state index is 10.7. The van der Waals surface area contributed by atoms with E-state index in [4.69, 9.17) is 0 Å². The Balaban J connectivity index is 1.55. The molecule has 134 valence electrons. The fourth-order valence-corrected chi connectivity index (χ4v) is 3.21. The van der Waals surface area contributed by atoms with E-state index in [1.807, 2.05) is 12.1 Å². The minimum Gasteiger partial charge on any atom is -0.354 e. The van der Waals surface area contributed by atoms with E-state index in [1.54, 1.807) is 30.5 Å². The van der Waals surface area contributed by atoms with Crippen molar-refractivity contribution in [1.29, 1.82) is 5.26 Å². The van der Waals surface area contributed by atoms with E-state index in [2.05, 4.69) is 20.9 Å². The number of benzene rings is 1. The maximum atomic E-state index is 10.7. The van der Waals surface area contributed by atoms with Crippen LogP contribution in [0.3, 0.4) is 0 Å². The second-order valence-electron chi connectivity index (χ2n) is 6.34. The summed E-state index contributed by atoms with van der Waals surface area (Å²) in [6.07, 6.45) is 3.61. The fraction of sp³-hybridized carbons (Fsp3) is 0.368. The van der Waals surface area contributed by atoms with Crippen molar-refractivity contribution in [2.24, 2.45) is 0 Å². The number of hydrogen-bond donors (Lipinski definition) is 0. The lowest BCUT2D eigenvalue weighted by atomic mass is 10.1. The lowest BCUT2D eigenvalue weighted by Crippen LogP contribution is -2.32. The van der Waals surface area contributed by atoms with Crippen LogP contribution in [-0.4, -0.2) is 47.5 Å². The fourth-order valence-electron chi connectivity index (χ4n) is 3.21. The molecule has 0 spiro atoms. The van der Waals surface area contributed by atoms with Crippen LogP contribution in [0.15, 0.2) is 42.6 Å². The molecule has 3 rings (SSSR count). The van der Waals surface area contributed by atoms with Crippen molar-refractivity contribution in [3.63, 3.8) is 0 Å². The third-order valence-electron chi connectivity index (χ3n) is 4.66. The molecule has 1 aliphatic heterocycles. The molecule has 1 saturated heterocycles. The van der Waals surface area contributed by atoms with Gasteiger partial charge in [-0.25, -0.2) is 4.98 Å². The molecule has 7 heteroatoms. The Morgan fingerprint density at radius 2 is 1.96 bits per heavy atom. The van der Waals surface area contributed by atoms with E-state index in [0.29, 0.717) is 5.56 Å². The average molecular weight is 351 g/mol. The van der Waals surface area contributed by atoms with E-state index in [-0.39, 0.29) is 10.6 Å². The van der Waals surface area contributed by atoms with Crippen molar-refractivity contribution in [3.05, 3.63) is 63.8 Å². The van der Waals surface area contributed by atoms with Gasteiger partial charge in [-0.1, -0.05) is 12.1 Å². The lowest BCUT2D eigenvalue weighted by molar-refractivity contribution is -0.384. The molecule has 0 aliphatic carbocycles. The number of pyridine rings is 1. The molecule has 1 aromatic heterocycles. The van der Waals surface area contributed by atoms with Crippen LogP contribution in [0.25, 0.3) is 0 Å². The maximum Gasteiger partial charge on any atom is 0.269 e. The van der Waals surface area contributed by atoms with Gasteiger partial charge in [0.05, 0.1) is 10.5 Å². The average Bonchev–Trinajstić information content (AvgIpc) is 2.92. The Labute approximate surface area is 152 Å². The number of hydrogen-bond acceptors (Lipinski definition) is 6. The van der Waals surface area contributed by atoms with Crippen LogP contribution in [0.2, 0.25) is 0 Å². The number of rotatable bonds is 5. The van der Waals surface area contributed by atoms with Crippen molar-refractivity contribution in [3.8, 4) is 6.07 Å². The molecule has 2 aromatic rings. The third-order valence-corrected chi connectivity index (χ3v) is 4.66. The molecule has 0 amide bonds. The SMILES string of the molecule is N#Cc1cccnc1N1CCCN(CCc2ccc([N+](=O)[O-])cc2)CC1. The van der Waals surface area contributed by atoms with E-state index < -0.39 is 0 Å². The van der Waals surface area contributed by atoms with Crippen molar-refractivity contribution in [2.45, 2.75) is 12.8 Å². The minimum absolute atomic E-state index is 0.128.